The van der Waals surface area contributed by atoms with E-state index in [0.717, 1.165) is 36.6 Å². The van der Waals surface area contributed by atoms with Crippen LogP contribution in [-0.2, 0) is 6.54 Å². The number of para-hydroxylation sites is 1. The lowest BCUT2D eigenvalue weighted by atomic mass is 10.3. The summed E-state index contributed by atoms with van der Waals surface area (Å²) in [5.41, 5.74) is 1.94. The van der Waals surface area contributed by atoms with Gasteiger partial charge >= 0.3 is 0 Å². The van der Waals surface area contributed by atoms with Crippen molar-refractivity contribution < 1.29 is 4.74 Å². The molecule has 1 N–H and O–H groups in total. The van der Waals surface area contributed by atoms with Crippen LogP contribution in [-0.4, -0.2) is 15.9 Å². The van der Waals surface area contributed by atoms with Crippen molar-refractivity contribution in [3.05, 3.63) is 60.4 Å². The predicted molar refractivity (Wildman–Crippen MR) is 83.7 cm³/mol. The minimum absolute atomic E-state index is 0.663. The highest BCUT2D eigenvalue weighted by Gasteiger charge is 2.13. The zero-order chi connectivity index (χ0) is 14.5. The molecule has 4 nitrogen and oxygen atoms in total. The molecule has 0 radical (unpaired) electrons. The number of rotatable bonds is 6. The highest BCUT2D eigenvalue weighted by molar-refractivity contribution is 5.46. The first-order valence-corrected chi connectivity index (χ1v) is 7.28. The van der Waals surface area contributed by atoms with Crippen molar-refractivity contribution in [2.24, 2.45) is 0 Å². The van der Waals surface area contributed by atoms with Crippen LogP contribution in [0.15, 0.2) is 54.7 Å². The van der Waals surface area contributed by atoms with Gasteiger partial charge in [-0.25, -0.2) is 0 Å². The fourth-order valence-electron chi connectivity index (χ4n) is 2.25. The van der Waals surface area contributed by atoms with Crippen LogP contribution in [0.5, 0.6) is 11.6 Å². The Morgan fingerprint density at radius 1 is 1.10 bits per heavy atom. The van der Waals surface area contributed by atoms with Crippen LogP contribution in [0.2, 0.25) is 0 Å². The summed E-state index contributed by atoms with van der Waals surface area (Å²) in [6, 6.07) is 15.7. The van der Waals surface area contributed by atoms with Crippen LogP contribution < -0.4 is 10.1 Å². The molecule has 0 bridgehead atoms. The maximum atomic E-state index is 5.95. The Bertz CT molecular complexity index is 706. The van der Waals surface area contributed by atoms with Crippen LogP contribution in [0.3, 0.4) is 0 Å². The number of nitrogens with one attached hydrogen (secondary N) is 1. The molecule has 3 aromatic rings. The first kappa shape index (κ1) is 13.6. The molecule has 3 rings (SSSR count). The minimum atomic E-state index is 0.663. The van der Waals surface area contributed by atoms with Crippen molar-refractivity contribution >= 4 is 5.65 Å². The molecule has 2 aromatic heterocycles. The number of aromatic nitrogens is 2. The van der Waals surface area contributed by atoms with Crippen LogP contribution >= 0.6 is 0 Å². The van der Waals surface area contributed by atoms with Crippen LogP contribution in [0.25, 0.3) is 5.65 Å². The standard InChI is InChI=1S/C17H19N3O/c1-2-11-18-13-15-17(21-14-8-4-3-5-9-14)19-16-10-6-7-12-20(15)16/h3-10,12,18H,2,11,13H2,1H3. The molecule has 2 heterocycles. The van der Waals surface area contributed by atoms with Gasteiger partial charge in [-0.2, -0.15) is 4.98 Å². The summed E-state index contributed by atoms with van der Waals surface area (Å²) >= 11 is 0. The van der Waals surface area contributed by atoms with E-state index in [0.29, 0.717) is 5.88 Å². The predicted octanol–water partition coefficient (Wildman–Crippen LogP) is 3.63. The summed E-state index contributed by atoms with van der Waals surface area (Å²) in [5.74, 6) is 1.47. The second kappa shape index (κ2) is 6.41. The summed E-state index contributed by atoms with van der Waals surface area (Å²) in [7, 11) is 0. The van der Waals surface area contributed by atoms with E-state index >= 15 is 0 Å². The molecule has 4 heteroatoms. The SMILES string of the molecule is CCCNCc1c(Oc2ccccc2)nc2ccccn12. The first-order chi connectivity index (χ1) is 10.4. The van der Waals surface area contributed by atoms with E-state index in [9.17, 15) is 0 Å². The van der Waals surface area contributed by atoms with Gasteiger partial charge < -0.3 is 10.1 Å². The van der Waals surface area contributed by atoms with Gasteiger partial charge in [0.1, 0.15) is 17.1 Å². The smallest absolute Gasteiger partial charge is 0.242 e. The Morgan fingerprint density at radius 2 is 1.90 bits per heavy atom. The summed E-state index contributed by atoms with van der Waals surface area (Å²) in [5, 5.41) is 3.41. The third kappa shape index (κ3) is 3.06. The molecule has 0 aliphatic carbocycles. The number of hydrogen-bond donors (Lipinski definition) is 1. The Hall–Kier alpha value is -2.33. The number of nitrogens with zero attached hydrogens (tertiary/aromatic N) is 2. The number of imidazole rings is 1. The third-order valence-corrected chi connectivity index (χ3v) is 3.27. The number of pyridine rings is 1. The third-order valence-electron chi connectivity index (χ3n) is 3.27. The van der Waals surface area contributed by atoms with E-state index < -0.39 is 0 Å². The van der Waals surface area contributed by atoms with Crippen molar-refractivity contribution in [3.63, 3.8) is 0 Å². The zero-order valence-corrected chi connectivity index (χ0v) is 12.1. The molecule has 0 unspecified atom stereocenters. The number of ether oxygens (including phenoxy) is 1. The molecule has 0 aliphatic heterocycles. The zero-order valence-electron chi connectivity index (χ0n) is 12.1. The molecular weight excluding hydrogens is 262 g/mol. The molecule has 0 amide bonds. The van der Waals surface area contributed by atoms with Gasteiger partial charge in [-0.15, -0.1) is 0 Å². The second-order valence-electron chi connectivity index (χ2n) is 4.88. The van der Waals surface area contributed by atoms with Gasteiger partial charge in [-0.1, -0.05) is 31.2 Å². The molecule has 0 atom stereocenters. The fraction of sp³-hybridized carbons (Fsp3) is 0.235. The van der Waals surface area contributed by atoms with Crippen molar-refractivity contribution in [2.45, 2.75) is 19.9 Å². The number of hydrogen-bond acceptors (Lipinski definition) is 3. The highest BCUT2D eigenvalue weighted by Crippen LogP contribution is 2.25. The monoisotopic (exact) mass is 281 g/mol. The van der Waals surface area contributed by atoms with Crippen LogP contribution in [0, 0.1) is 0 Å². The van der Waals surface area contributed by atoms with Gasteiger partial charge in [-0.05, 0) is 37.2 Å². The average molecular weight is 281 g/mol. The molecule has 0 aliphatic rings. The van der Waals surface area contributed by atoms with E-state index in [1.54, 1.807) is 0 Å². The van der Waals surface area contributed by atoms with Gasteiger partial charge in [-0.3, -0.25) is 4.40 Å². The van der Waals surface area contributed by atoms with Crippen molar-refractivity contribution in [3.8, 4) is 11.6 Å². The van der Waals surface area contributed by atoms with E-state index in [4.69, 9.17) is 4.74 Å². The molecule has 0 fully saturated rings. The number of benzene rings is 1. The molecule has 0 spiro atoms. The van der Waals surface area contributed by atoms with Gasteiger partial charge in [0, 0.05) is 12.7 Å². The Labute approximate surface area is 124 Å². The summed E-state index contributed by atoms with van der Waals surface area (Å²) in [6.45, 7) is 3.87. The molecule has 0 saturated heterocycles. The lowest BCUT2D eigenvalue weighted by Crippen LogP contribution is -2.15. The van der Waals surface area contributed by atoms with E-state index in [1.807, 2.05) is 54.7 Å². The average Bonchev–Trinajstić information content (AvgIpc) is 2.86. The summed E-state index contributed by atoms with van der Waals surface area (Å²) in [6.07, 6.45) is 3.12. The molecule has 21 heavy (non-hydrogen) atoms. The summed E-state index contributed by atoms with van der Waals surface area (Å²) < 4.78 is 8.02. The quantitative estimate of drug-likeness (QED) is 0.701. The van der Waals surface area contributed by atoms with Crippen molar-refractivity contribution in [1.29, 1.82) is 0 Å². The lowest BCUT2D eigenvalue weighted by Gasteiger charge is -2.07. The van der Waals surface area contributed by atoms with E-state index in [2.05, 4.69) is 21.6 Å². The Morgan fingerprint density at radius 3 is 2.71 bits per heavy atom. The normalized spacial score (nSPS) is 10.9. The maximum absolute atomic E-state index is 5.95. The lowest BCUT2D eigenvalue weighted by molar-refractivity contribution is 0.455. The summed E-state index contributed by atoms with van der Waals surface area (Å²) in [4.78, 5) is 4.59. The fourth-order valence-corrected chi connectivity index (χ4v) is 2.25. The van der Waals surface area contributed by atoms with Gasteiger partial charge in [0.2, 0.25) is 5.88 Å². The largest absolute Gasteiger partial charge is 0.437 e. The molecular formula is C17H19N3O. The van der Waals surface area contributed by atoms with Gasteiger partial charge in [0.05, 0.1) is 0 Å². The molecule has 1 aromatic carbocycles. The number of fused-ring (bicyclic) bond motifs is 1. The van der Waals surface area contributed by atoms with E-state index in [-0.39, 0.29) is 0 Å². The van der Waals surface area contributed by atoms with E-state index in [1.165, 1.54) is 0 Å². The molecule has 0 saturated carbocycles. The topological polar surface area (TPSA) is 38.6 Å². The van der Waals surface area contributed by atoms with Crippen LogP contribution in [0.1, 0.15) is 19.0 Å². The molecule has 108 valence electrons. The highest BCUT2D eigenvalue weighted by atomic mass is 16.5. The van der Waals surface area contributed by atoms with Crippen molar-refractivity contribution in [1.82, 2.24) is 14.7 Å². The van der Waals surface area contributed by atoms with Crippen LogP contribution in [0.4, 0.5) is 0 Å². The maximum Gasteiger partial charge on any atom is 0.242 e. The van der Waals surface area contributed by atoms with Crippen molar-refractivity contribution in [2.75, 3.05) is 6.54 Å². The van der Waals surface area contributed by atoms with Gasteiger partial charge in [0.15, 0.2) is 0 Å². The second-order valence-corrected chi connectivity index (χ2v) is 4.88. The van der Waals surface area contributed by atoms with Gasteiger partial charge in [0.25, 0.3) is 0 Å². The minimum Gasteiger partial charge on any atom is -0.437 e. The Kier molecular flexibility index (Phi) is 4.17. The Balaban J connectivity index is 1.94. The first-order valence-electron chi connectivity index (χ1n) is 7.28.